The Morgan fingerprint density at radius 1 is 0.864 bits per heavy atom. The number of aromatic amines is 1. The number of amides is 3. The van der Waals surface area contributed by atoms with Crippen LogP contribution in [0.3, 0.4) is 0 Å². The van der Waals surface area contributed by atoms with Crippen LogP contribution in [0, 0.1) is 5.92 Å². The van der Waals surface area contributed by atoms with Gasteiger partial charge in [0.05, 0.1) is 6.04 Å². The van der Waals surface area contributed by atoms with E-state index in [4.69, 9.17) is 17.2 Å². The van der Waals surface area contributed by atoms with Gasteiger partial charge in [0.1, 0.15) is 18.1 Å². The molecule has 2 aromatic carbocycles. The molecule has 0 aliphatic heterocycles. The molecule has 13 nitrogen and oxygen atoms in total. The van der Waals surface area contributed by atoms with Gasteiger partial charge in [-0.2, -0.15) is 0 Å². The van der Waals surface area contributed by atoms with Gasteiger partial charge in [0.2, 0.25) is 17.7 Å². The summed E-state index contributed by atoms with van der Waals surface area (Å²) in [6.45, 7) is 3.77. The second-order valence-electron chi connectivity index (χ2n) is 11.0. The number of carbonyl (C=O) groups excluding carboxylic acids is 3. The van der Waals surface area contributed by atoms with Crippen molar-refractivity contribution in [1.82, 2.24) is 20.9 Å². The highest BCUT2D eigenvalue weighted by atomic mass is 16.4. The Morgan fingerprint density at radius 2 is 1.52 bits per heavy atom. The summed E-state index contributed by atoms with van der Waals surface area (Å²) in [4.78, 5) is 59.1. The summed E-state index contributed by atoms with van der Waals surface area (Å²) in [5.74, 6) is -3.46. The molecule has 0 aliphatic carbocycles. The molecular weight excluding hydrogens is 564 g/mol. The Balaban J connectivity index is 1.77. The number of hydrogen-bond donors (Lipinski definition) is 8. The van der Waals surface area contributed by atoms with Gasteiger partial charge in [0.15, 0.2) is 5.96 Å². The van der Waals surface area contributed by atoms with Gasteiger partial charge < -0.3 is 43.2 Å². The summed E-state index contributed by atoms with van der Waals surface area (Å²) in [6.07, 6.45) is 2.68. The van der Waals surface area contributed by atoms with Crippen molar-refractivity contribution in [3.05, 3.63) is 71.9 Å². The van der Waals surface area contributed by atoms with Gasteiger partial charge in [-0.15, -0.1) is 0 Å². The van der Waals surface area contributed by atoms with Crippen LogP contribution < -0.4 is 33.2 Å². The first-order valence-corrected chi connectivity index (χ1v) is 14.5. The van der Waals surface area contributed by atoms with Gasteiger partial charge in [-0.25, -0.2) is 4.79 Å². The third kappa shape index (κ3) is 9.83. The van der Waals surface area contributed by atoms with Crippen molar-refractivity contribution in [1.29, 1.82) is 0 Å². The van der Waals surface area contributed by atoms with E-state index < -0.39 is 53.8 Å². The van der Waals surface area contributed by atoms with Crippen molar-refractivity contribution in [3.63, 3.8) is 0 Å². The number of aliphatic imine (C=N–C) groups is 1. The number of rotatable bonds is 16. The summed E-state index contributed by atoms with van der Waals surface area (Å²) in [5, 5.41) is 18.7. The summed E-state index contributed by atoms with van der Waals surface area (Å²) in [7, 11) is 0. The van der Waals surface area contributed by atoms with Crippen molar-refractivity contribution in [2.75, 3.05) is 6.54 Å². The Hall–Kier alpha value is -4.91. The number of nitrogens with two attached hydrogens (primary N) is 3. The number of H-pyrrole nitrogens is 1. The molecule has 0 saturated carbocycles. The van der Waals surface area contributed by atoms with Gasteiger partial charge in [-0.1, -0.05) is 62.4 Å². The van der Waals surface area contributed by atoms with Crippen LogP contribution in [0.25, 0.3) is 10.9 Å². The van der Waals surface area contributed by atoms with Gasteiger partial charge in [-0.3, -0.25) is 19.4 Å². The molecular formula is C31H42N8O5. The molecule has 3 aromatic rings. The zero-order valence-corrected chi connectivity index (χ0v) is 25.0. The number of fused-ring (bicyclic) bond motifs is 1. The quantitative estimate of drug-likeness (QED) is 0.0649. The van der Waals surface area contributed by atoms with E-state index in [1.807, 2.05) is 30.3 Å². The van der Waals surface area contributed by atoms with E-state index in [0.717, 1.165) is 22.0 Å². The summed E-state index contributed by atoms with van der Waals surface area (Å²) in [5.41, 5.74) is 19.2. The number of hydrogen-bond acceptors (Lipinski definition) is 6. The molecule has 236 valence electrons. The van der Waals surface area contributed by atoms with E-state index in [2.05, 4.69) is 25.9 Å². The number of nitrogens with one attached hydrogen (secondary N) is 4. The normalized spacial score (nSPS) is 13.8. The molecule has 11 N–H and O–H groups in total. The molecule has 0 bridgehead atoms. The van der Waals surface area contributed by atoms with Crippen LogP contribution in [0.2, 0.25) is 0 Å². The van der Waals surface area contributed by atoms with Gasteiger partial charge in [0.25, 0.3) is 0 Å². The fourth-order valence-electron chi connectivity index (χ4n) is 4.76. The predicted octanol–water partition coefficient (Wildman–Crippen LogP) is 0.529. The first-order chi connectivity index (χ1) is 21.0. The molecule has 1 heterocycles. The molecule has 3 rings (SSSR count). The average Bonchev–Trinajstić information content (AvgIpc) is 3.39. The zero-order chi connectivity index (χ0) is 32.2. The number of aromatic nitrogens is 1. The maximum absolute atomic E-state index is 13.7. The summed E-state index contributed by atoms with van der Waals surface area (Å²) in [6, 6.07) is 12.2. The van der Waals surface area contributed by atoms with Crippen molar-refractivity contribution >= 4 is 40.6 Å². The van der Waals surface area contributed by atoms with Crippen LogP contribution in [0.4, 0.5) is 0 Å². The number of nitrogens with zero attached hydrogens (tertiary/aromatic N) is 1. The number of para-hydroxylation sites is 1. The standard InChI is InChI=1S/C31H42N8O5/c1-18(2)26(29(42)38-25(30(43)44)15-19-9-4-3-5-10-19)39-28(41)24(16-20-17-36-23-13-7-6-11-21(20)23)37-27(40)22(32)12-8-14-35-31(33)34/h3-7,9-11,13,17-18,22,24-26,36H,8,12,14-16,32H2,1-2H3,(H,37,40)(H,38,42)(H,39,41)(H,43,44)(H4,33,34,35). The minimum Gasteiger partial charge on any atom is -0.480 e. The van der Waals surface area contributed by atoms with Crippen molar-refractivity contribution < 1.29 is 24.3 Å². The number of carboxylic acid groups (broad SMARTS) is 1. The highest BCUT2D eigenvalue weighted by molar-refractivity contribution is 5.95. The van der Waals surface area contributed by atoms with Crippen LogP contribution in [0.15, 0.2) is 65.8 Å². The number of carboxylic acids is 1. The van der Waals surface area contributed by atoms with E-state index >= 15 is 0 Å². The second kappa shape index (κ2) is 16.1. The number of carbonyl (C=O) groups is 4. The van der Waals surface area contributed by atoms with Crippen LogP contribution in [-0.2, 0) is 32.0 Å². The topological polar surface area (TPSA) is 231 Å². The fraction of sp³-hybridized carbons (Fsp3) is 0.387. The minimum atomic E-state index is -1.21. The Morgan fingerprint density at radius 3 is 2.18 bits per heavy atom. The molecule has 4 unspecified atom stereocenters. The Kier molecular flexibility index (Phi) is 12.3. The summed E-state index contributed by atoms with van der Waals surface area (Å²) >= 11 is 0. The predicted molar refractivity (Wildman–Crippen MR) is 168 cm³/mol. The Labute approximate surface area is 256 Å². The molecule has 0 aliphatic rings. The van der Waals surface area contributed by atoms with Gasteiger partial charge >= 0.3 is 5.97 Å². The number of aliphatic carboxylic acids is 1. The van der Waals surface area contributed by atoms with Gasteiger partial charge in [-0.05, 0) is 36.0 Å². The maximum Gasteiger partial charge on any atom is 0.326 e. The molecule has 0 radical (unpaired) electrons. The average molecular weight is 607 g/mol. The SMILES string of the molecule is CC(C)C(NC(=O)C(Cc1c[nH]c2ccccc12)NC(=O)C(N)CCCN=C(N)N)C(=O)NC(Cc1ccccc1)C(=O)O. The van der Waals surface area contributed by atoms with Gasteiger partial charge in [0, 0.05) is 36.5 Å². The first-order valence-electron chi connectivity index (χ1n) is 14.5. The lowest BCUT2D eigenvalue weighted by molar-refractivity contribution is -0.142. The van der Waals surface area contributed by atoms with Crippen LogP contribution >= 0.6 is 0 Å². The molecule has 3 amide bonds. The highest BCUT2D eigenvalue weighted by Gasteiger charge is 2.32. The van der Waals surface area contributed by atoms with E-state index in [1.165, 1.54) is 0 Å². The van der Waals surface area contributed by atoms with E-state index in [-0.39, 0.29) is 25.2 Å². The van der Waals surface area contributed by atoms with Crippen LogP contribution in [0.5, 0.6) is 0 Å². The molecule has 0 saturated heterocycles. The lowest BCUT2D eigenvalue weighted by atomic mass is 9.99. The van der Waals surface area contributed by atoms with Crippen molar-refractivity contribution in [3.8, 4) is 0 Å². The third-order valence-corrected chi connectivity index (χ3v) is 7.18. The smallest absolute Gasteiger partial charge is 0.326 e. The maximum atomic E-state index is 13.7. The Bertz CT molecular complexity index is 1450. The first kappa shape index (κ1) is 33.6. The highest BCUT2D eigenvalue weighted by Crippen LogP contribution is 2.19. The number of benzene rings is 2. The molecule has 0 fully saturated rings. The lowest BCUT2D eigenvalue weighted by Crippen LogP contribution is -2.59. The fourth-order valence-corrected chi connectivity index (χ4v) is 4.76. The van der Waals surface area contributed by atoms with Crippen molar-refractivity contribution in [2.24, 2.45) is 28.1 Å². The zero-order valence-electron chi connectivity index (χ0n) is 25.0. The monoisotopic (exact) mass is 606 g/mol. The van der Waals surface area contributed by atoms with E-state index in [1.54, 1.807) is 44.3 Å². The molecule has 1 aromatic heterocycles. The molecule has 44 heavy (non-hydrogen) atoms. The molecule has 13 heteroatoms. The lowest BCUT2D eigenvalue weighted by Gasteiger charge is -2.27. The number of guanidine groups is 1. The third-order valence-electron chi connectivity index (χ3n) is 7.18. The van der Waals surface area contributed by atoms with E-state index in [9.17, 15) is 24.3 Å². The van der Waals surface area contributed by atoms with E-state index in [0.29, 0.717) is 13.0 Å². The molecule has 4 atom stereocenters. The second-order valence-corrected chi connectivity index (χ2v) is 11.0. The largest absolute Gasteiger partial charge is 0.480 e. The van der Waals surface area contributed by atoms with Crippen molar-refractivity contribution in [2.45, 2.75) is 63.7 Å². The summed E-state index contributed by atoms with van der Waals surface area (Å²) < 4.78 is 0. The molecule has 0 spiro atoms. The van der Waals surface area contributed by atoms with Crippen LogP contribution in [0.1, 0.15) is 37.8 Å². The minimum absolute atomic E-state index is 0.0584. The van der Waals surface area contributed by atoms with Crippen LogP contribution in [-0.4, -0.2) is 70.5 Å².